The molecule has 0 saturated carbocycles. The molecule has 1 heterocycles. The van der Waals surface area contributed by atoms with Crippen LogP contribution in [-0.2, 0) is 11.3 Å². The smallest absolute Gasteiger partial charge is 0.407 e. The second-order valence-corrected chi connectivity index (χ2v) is 5.25. The SMILES string of the molecule is CC(C)(C)OC(=O)NCc1ccc2cc[nH]c2c1. The molecule has 0 radical (unpaired) electrons. The van der Waals surface area contributed by atoms with E-state index in [2.05, 4.69) is 10.3 Å². The summed E-state index contributed by atoms with van der Waals surface area (Å²) in [7, 11) is 0. The first-order chi connectivity index (χ1) is 8.44. The van der Waals surface area contributed by atoms with E-state index in [1.54, 1.807) is 0 Å². The first-order valence-corrected chi connectivity index (χ1v) is 5.97. The molecule has 0 unspecified atom stereocenters. The van der Waals surface area contributed by atoms with Gasteiger partial charge in [-0.3, -0.25) is 0 Å². The molecule has 0 fully saturated rings. The van der Waals surface area contributed by atoms with Gasteiger partial charge in [0.1, 0.15) is 5.60 Å². The quantitative estimate of drug-likeness (QED) is 0.855. The number of ether oxygens (including phenoxy) is 1. The zero-order valence-electron chi connectivity index (χ0n) is 10.9. The molecule has 0 saturated heterocycles. The topological polar surface area (TPSA) is 54.1 Å². The van der Waals surface area contributed by atoms with Gasteiger partial charge in [0.05, 0.1) is 0 Å². The third-order valence-electron chi connectivity index (χ3n) is 2.46. The van der Waals surface area contributed by atoms with Crippen molar-refractivity contribution in [3.8, 4) is 0 Å². The number of carbonyl (C=O) groups is 1. The minimum atomic E-state index is -0.465. The zero-order chi connectivity index (χ0) is 13.2. The fourth-order valence-corrected chi connectivity index (χ4v) is 1.69. The average molecular weight is 246 g/mol. The maximum absolute atomic E-state index is 11.5. The van der Waals surface area contributed by atoms with Crippen molar-refractivity contribution in [2.24, 2.45) is 0 Å². The minimum Gasteiger partial charge on any atom is -0.444 e. The van der Waals surface area contributed by atoms with Crippen LogP contribution < -0.4 is 5.32 Å². The maximum Gasteiger partial charge on any atom is 0.407 e. The van der Waals surface area contributed by atoms with Crippen LogP contribution in [0.4, 0.5) is 4.79 Å². The fraction of sp³-hybridized carbons (Fsp3) is 0.357. The molecule has 0 bridgehead atoms. The monoisotopic (exact) mass is 246 g/mol. The highest BCUT2D eigenvalue weighted by atomic mass is 16.6. The number of carbonyl (C=O) groups excluding carboxylic acids is 1. The lowest BCUT2D eigenvalue weighted by Gasteiger charge is -2.19. The van der Waals surface area contributed by atoms with Gasteiger partial charge in [0.15, 0.2) is 0 Å². The Morgan fingerprint density at radius 1 is 1.33 bits per heavy atom. The van der Waals surface area contributed by atoms with Gasteiger partial charge in [-0.05, 0) is 43.9 Å². The lowest BCUT2D eigenvalue weighted by Crippen LogP contribution is -2.32. The molecule has 96 valence electrons. The van der Waals surface area contributed by atoms with Crippen molar-refractivity contribution in [1.29, 1.82) is 0 Å². The summed E-state index contributed by atoms with van der Waals surface area (Å²) in [5.41, 5.74) is 1.64. The first-order valence-electron chi connectivity index (χ1n) is 5.97. The van der Waals surface area contributed by atoms with Gasteiger partial charge in [-0.25, -0.2) is 4.79 Å². The molecule has 18 heavy (non-hydrogen) atoms. The molecule has 0 aliphatic heterocycles. The van der Waals surface area contributed by atoms with Crippen molar-refractivity contribution in [1.82, 2.24) is 10.3 Å². The van der Waals surface area contributed by atoms with E-state index >= 15 is 0 Å². The van der Waals surface area contributed by atoms with Crippen LogP contribution in [0.3, 0.4) is 0 Å². The normalized spacial score (nSPS) is 11.5. The van der Waals surface area contributed by atoms with Gasteiger partial charge in [-0.1, -0.05) is 12.1 Å². The summed E-state index contributed by atoms with van der Waals surface area (Å²) in [5.74, 6) is 0. The first kappa shape index (κ1) is 12.5. The number of nitrogens with one attached hydrogen (secondary N) is 2. The molecular weight excluding hydrogens is 228 g/mol. The lowest BCUT2D eigenvalue weighted by atomic mass is 10.1. The Hall–Kier alpha value is -1.97. The van der Waals surface area contributed by atoms with Crippen LogP contribution in [0.5, 0.6) is 0 Å². The summed E-state index contributed by atoms with van der Waals surface area (Å²) in [6.45, 7) is 6.00. The van der Waals surface area contributed by atoms with Gasteiger partial charge in [0.2, 0.25) is 0 Å². The molecule has 0 atom stereocenters. The van der Waals surface area contributed by atoms with Crippen molar-refractivity contribution in [2.45, 2.75) is 32.9 Å². The summed E-state index contributed by atoms with van der Waals surface area (Å²) in [4.78, 5) is 14.6. The van der Waals surface area contributed by atoms with E-state index in [1.807, 2.05) is 51.2 Å². The molecule has 2 rings (SSSR count). The number of alkyl carbamates (subject to hydrolysis) is 1. The van der Waals surface area contributed by atoms with Crippen molar-refractivity contribution >= 4 is 17.0 Å². The Balaban J connectivity index is 1.95. The second kappa shape index (κ2) is 4.72. The van der Waals surface area contributed by atoms with Crippen molar-refractivity contribution in [3.63, 3.8) is 0 Å². The Labute approximate surface area is 106 Å². The van der Waals surface area contributed by atoms with Crippen LogP contribution in [-0.4, -0.2) is 16.7 Å². The number of aromatic nitrogens is 1. The highest BCUT2D eigenvalue weighted by molar-refractivity contribution is 5.80. The van der Waals surface area contributed by atoms with E-state index in [4.69, 9.17) is 4.74 Å². The molecule has 2 N–H and O–H groups in total. The Morgan fingerprint density at radius 2 is 2.11 bits per heavy atom. The number of H-pyrrole nitrogens is 1. The molecule has 1 amide bonds. The Morgan fingerprint density at radius 3 is 2.83 bits per heavy atom. The number of benzene rings is 1. The summed E-state index contributed by atoms with van der Waals surface area (Å²) in [5, 5.41) is 3.90. The predicted octanol–water partition coefficient (Wildman–Crippen LogP) is 3.19. The average Bonchev–Trinajstić information content (AvgIpc) is 2.71. The van der Waals surface area contributed by atoms with Crippen LogP contribution in [0.25, 0.3) is 10.9 Å². The largest absolute Gasteiger partial charge is 0.444 e. The summed E-state index contributed by atoms with van der Waals surface area (Å²) >= 11 is 0. The number of fused-ring (bicyclic) bond motifs is 1. The fourth-order valence-electron chi connectivity index (χ4n) is 1.69. The highest BCUT2D eigenvalue weighted by Crippen LogP contribution is 2.14. The molecule has 1 aromatic heterocycles. The van der Waals surface area contributed by atoms with Crippen molar-refractivity contribution in [3.05, 3.63) is 36.0 Å². The van der Waals surface area contributed by atoms with Crippen molar-refractivity contribution < 1.29 is 9.53 Å². The van der Waals surface area contributed by atoms with E-state index in [0.29, 0.717) is 6.54 Å². The van der Waals surface area contributed by atoms with Crippen LogP contribution in [0.1, 0.15) is 26.3 Å². The Kier molecular flexibility index (Phi) is 3.28. The van der Waals surface area contributed by atoms with Gasteiger partial charge >= 0.3 is 6.09 Å². The standard InChI is InChI=1S/C14H18N2O2/c1-14(2,3)18-13(17)16-9-10-4-5-11-6-7-15-12(11)8-10/h4-8,15H,9H2,1-3H3,(H,16,17). The molecule has 0 aliphatic carbocycles. The predicted molar refractivity (Wildman–Crippen MR) is 71.4 cm³/mol. The minimum absolute atomic E-state index is 0.394. The number of hydrogen-bond acceptors (Lipinski definition) is 2. The van der Waals surface area contributed by atoms with E-state index < -0.39 is 11.7 Å². The van der Waals surface area contributed by atoms with Gasteiger partial charge in [-0.15, -0.1) is 0 Å². The van der Waals surface area contributed by atoms with Crippen LogP contribution in [0, 0.1) is 0 Å². The van der Waals surface area contributed by atoms with Crippen LogP contribution >= 0.6 is 0 Å². The third-order valence-corrected chi connectivity index (χ3v) is 2.46. The highest BCUT2D eigenvalue weighted by Gasteiger charge is 2.15. The molecule has 4 heteroatoms. The van der Waals surface area contributed by atoms with Gasteiger partial charge in [0.25, 0.3) is 0 Å². The van der Waals surface area contributed by atoms with Gasteiger partial charge < -0.3 is 15.0 Å². The molecule has 0 aliphatic rings. The Bertz CT molecular complexity index is 552. The van der Waals surface area contributed by atoms with Gasteiger partial charge in [0, 0.05) is 18.3 Å². The molecule has 1 aromatic carbocycles. The number of rotatable bonds is 2. The number of amides is 1. The van der Waals surface area contributed by atoms with E-state index in [0.717, 1.165) is 16.5 Å². The number of hydrogen-bond donors (Lipinski definition) is 2. The molecule has 0 spiro atoms. The van der Waals surface area contributed by atoms with Crippen molar-refractivity contribution in [2.75, 3.05) is 0 Å². The number of aromatic amines is 1. The van der Waals surface area contributed by atoms with E-state index in [9.17, 15) is 4.79 Å². The summed E-state index contributed by atoms with van der Waals surface area (Å²) in [6, 6.07) is 8.05. The third kappa shape index (κ3) is 3.26. The van der Waals surface area contributed by atoms with Crippen LogP contribution in [0.15, 0.2) is 30.5 Å². The van der Waals surface area contributed by atoms with E-state index in [1.165, 1.54) is 0 Å². The lowest BCUT2D eigenvalue weighted by molar-refractivity contribution is 0.0523. The second-order valence-electron chi connectivity index (χ2n) is 5.25. The zero-order valence-corrected chi connectivity index (χ0v) is 10.9. The molecular formula is C14H18N2O2. The maximum atomic E-state index is 11.5. The summed E-state index contributed by atoms with van der Waals surface area (Å²) < 4.78 is 5.17. The van der Waals surface area contributed by atoms with Gasteiger partial charge in [-0.2, -0.15) is 0 Å². The summed E-state index contributed by atoms with van der Waals surface area (Å²) in [6.07, 6.45) is 1.50. The van der Waals surface area contributed by atoms with E-state index in [-0.39, 0.29) is 0 Å². The molecule has 2 aromatic rings. The molecule has 4 nitrogen and oxygen atoms in total. The van der Waals surface area contributed by atoms with Crippen LogP contribution in [0.2, 0.25) is 0 Å².